The molecule has 0 N–H and O–H groups in total. The highest BCUT2D eigenvalue weighted by molar-refractivity contribution is 7.13. The summed E-state index contributed by atoms with van der Waals surface area (Å²) in [5.41, 5.74) is 1.15. The molecule has 0 atom stereocenters. The second kappa shape index (κ2) is 6.96. The van der Waals surface area contributed by atoms with Crippen LogP contribution in [0, 0.1) is 17.1 Å². The van der Waals surface area contributed by atoms with Crippen molar-refractivity contribution in [3.63, 3.8) is 0 Å². The van der Waals surface area contributed by atoms with Crippen LogP contribution in [0.4, 0.5) is 4.39 Å². The van der Waals surface area contributed by atoms with E-state index in [2.05, 4.69) is 4.98 Å². The van der Waals surface area contributed by atoms with Gasteiger partial charge >= 0.3 is 5.97 Å². The number of halogens is 1. The average molecular weight is 316 g/mol. The molecular formula is C16H13FN2O2S. The van der Waals surface area contributed by atoms with Gasteiger partial charge in [-0.3, -0.25) is 0 Å². The van der Waals surface area contributed by atoms with E-state index >= 15 is 0 Å². The van der Waals surface area contributed by atoms with Crippen LogP contribution in [-0.4, -0.2) is 17.1 Å². The zero-order valence-corrected chi connectivity index (χ0v) is 12.9. The molecule has 0 aliphatic heterocycles. The van der Waals surface area contributed by atoms with E-state index in [9.17, 15) is 9.18 Å². The van der Waals surface area contributed by atoms with Gasteiger partial charge < -0.3 is 4.74 Å². The fourth-order valence-electron chi connectivity index (χ4n) is 1.64. The van der Waals surface area contributed by atoms with E-state index in [1.807, 2.05) is 6.07 Å². The van der Waals surface area contributed by atoms with Crippen LogP contribution in [-0.2, 0) is 9.53 Å². The molecule has 6 heteroatoms. The van der Waals surface area contributed by atoms with Crippen LogP contribution >= 0.6 is 11.3 Å². The summed E-state index contributed by atoms with van der Waals surface area (Å²) in [5, 5.41) is 11.4. The molecule has 0 saturated heterocycles. The first-order valence-corrected chi connectivity index (χ1v) is 7.42. The van der Waals surface area contributed by atoms with Crippen molar-refractivity contribution in [1.29, 1.82) is 5.26 Å². The smallest absolute Gasteiger partial charge is 0.349 e. The highest BCUT2D eigenvalue weighted by Gasteiger charge is 2.13. The molecular weight excluding hydrogens is 303 g/mol. The van der Waals surface area contributed by atoms with Crippen molar-refractivity contribution in [3.05, 3.63) is 46.7 Å². The molecule has 112 valence electrons. The number of esters is 1. The number of rotatable bonds is 4. The Bertz CT molecular complexity index is 742. The largest absolute Gasteiger partial charge is 0.459 e. The summed E-state index contributed by atoms with van der Waals surface area (Å²) in [6.45, 7) is 3.42. The third kappa shape index (κ3) is 3.99. The van der Waals surface area contributed by atoms with Crippen LogP contribution in [0.5, 0.6) is 0 Å². The van der Waals surface area contributed by atoms with Crippen molar-refractivity contribution >= 4 is 23.4 Å². The minimum Gasteiger partial charge on any atom is -0.459 e. The average Bonchev–Trinajstić information content (AvgIpc) is 2.93. The Balaban J connectivity index is 2.23. The van der Waals surface area contributed by atoms with Crippen molar-refractivity contribution < 1.29 is 13.9 Å². The number of carbonyl (C=O) groups excluding carboxylic acids is 1. The van der Waals surface area contributed by atoms with E-state index in [0.717, 1.165) is 5.56 Å². The number of nitriles is 1. The summed E-state index contributed by atoms with van der Waals surface area (Å²) in [7, 11) is 0. The summed E-state index contributed by atoms with van der Waals surface area (Å²) < 4.78 is 17.9. The predicted molar refractivity (Wildman–Crippen MR) is 82.3 cm³/mol. The fourth-order valence-corrected chi connectivity index (χ4v) is 2.42. The Hall–Kier alpha value is -2.52. The lowest BCUT2D eigenvalue weighted by atomic mass is 10.2. The van der Waals surface area contributed by atoms with Crippen molar-refractivity contribution in [1.82, 2.24) is 4.98 Å². The highest BCUT2D eigenvalue weighted by Crippen LogP contribution is 2.25. The number of hydrogen-bond donors (Lipinski definition) is 0. The number of carbonyl (C=O) groups is 1. The molecule has 0 bridgehead atoms. The zero-order valence-electron chi connectivity index (χ0n) is 12.0. The third-order valence-electron chi connectivity index (χ3n) is 2.59. The molecule has 0 amide bonds. The van der Waals surface area contributed by atoms with Crippen LogP contribution in [0.2, 0.25) is 0 Å². The van der Waals surface area contributed by atoms with E-state index in [1.54, 1.807) is 31.4 Å². The lowest BCUT2D eigenvalue weighted by Gasteiger charge is -2.05. The number of ether oxygens (including phenoxy) is 1. The Morgan fingerprint density at radius 2 is 2.09 bits per heavy atom. The summed E-state index contributed by atoms with van der Waals surface area (Å²) in [6.07, 6.45) is 1.09. The first-order chi connectivity index (χ1) is 10.5. The van der Waals surface area contributed by atoms with Gasteiger partial charge in [-0.1, -0.05) is 0 Å². The normalized spacial score (nSPS) is 11.3. The van der Waals surface area contributed by atoms with Crippen LogP contribution < -0.4 is 0 Å². The summed E-state index contributed by atoms with van der Waals surface area (Å²) in [4.78, 5) is 16.0. The number of aromatic nitrogens is 1. The fraction of sp³-hybridized carbons (Fsp3) is 0.188. The van der Waals surface area contributed by atoms with Gasteiger partial charge in [0.05, 0.1) is 11.8 Å². The van der Waals surface area contributed by atoms with Gasteiger partial charge in [-0.15, -0.1) is 11.3 Å². The summed E-state index contributed by atoms with van der Waals surface area (Å²) >= 11 is 1.35. The number of hydrogen-bond acceptors (Lipinski definition) is 5. The SMILES string of the molecule is CC(C)OC(=O)/C(C#N)=C/c1csc(-c2ccc(F)cc2)n1. The van der Waals surface area contributed by atoms with E-state index in [0.29, 0.717) is 10.7 Å². The Labute approximate surface area is 131 Å². The lowest BCUT2D eigenvalue weighted by Crippen LogP contribution is -2.12. The summed E-state index contributed by atoms with van der Waals surface area (Å²) in [6, 6.07) is 7.77. The van der Waals surface area contributed by atoms with E-state index in [-0.39, 0.29) is 17.5 Å². The lowest BCUT2D eigenvalue weighted by molar-refractivity contribution is -0.142. The molecule has 0 radical (unpaired) electrons. The summed E-state index contributed by atoms with van der Waals surface area (Å²) in [5.74, 6) is -0.988. The molecule has 4 nitrogen and oxygen atoms in total. The maximum Gasteiger partial charge on any atom is 0.349 e. The first kappa shape index (κ1) is 15.9. The minimum atomic E-state index is -0.672. The Morgan fingerprint density at radius 1 is 1.41 bits per heavy atom. The molecule has 2 aromatic rings. The van der Waals surface area contributed by atoms with Crippen molar-refractivity contribution in [2.24, 2.45) is 0 Å². The maximum absolute atomic E-state index is 12.9. The van der Waals surface area contributed by atoms with Gasteiger partial charge in [0.15, 0.2) is 0 Å². The Kier molecular flexibility index (Phi) is 5.02. The van der Waals surface area contributed by atoms with Crippen molar-refractivity contribution in [2.75, 3.05) is 0 Å². The highest BCUT2D eigenvalue weighted by atomic mass is 32.1. The van der Waals surface area contributed by atoms with Crippen molar-refractivity contribution in [2.45, 2.75) is 20.0 Å². The minimum absolute atomic E-state index is 0.107. The topological polar surface area (TPSA) is 63.0 Å². The van der Waals surface area contributed by atoms with Gasteiger partial charge in [-0.25, -0.2) is 14.2 Å². The second-order valence-electron chi connectivity index (χ2n) is 4.71. The van der Waals surface area contributed by atoms with Gasteiger partial charge in [0, 0.05) is 10.9 Å². The van der Waals surface area contributed by atoms with Gasteiger partial charge in [0.25, 0.3) is 0 Å². The maximum atomic E-state index is 12.9. The molecule has 0 aliphatic rings. The van der Waals surface area contributed by atoms with Crippen LogP contribution in [0.1, 0.15) is 19.5 Å². The molecule has 0 spiro atoms. The Morgan fingerprint density at radius 3 is 2.68 bits per heavy atom. The third-order valence-corrected chi connectivity index (χ3v) is 3.50. The van der Waals surface area contributed by atoms with E-state index in [4.69, 9.17) is 10.00 Å². The van der Waals surface area contributed by atoms with Gasteiger partial charge in [0.1, 0.15) is 22.5 Å². The van der Waals surface area contributed by atoms with Gasteiger partial charge in [-0.2, -0.15) is 5.26 Å². The number of nitrogens with zero attached hydrogens (tertiary/aromatic N) is 2. The molecule has 1 aromatic heterocycles. The molecule has 1 heterocycles. The monoisotopic (exact) mass is 316 g/mol. The van der Waals surface area contributed by atoms with Crippen LogP contribution in [0.15, 0.2) is 35.2 Å². The van der Waals surface area contributed by atoms with Gasteiger partial charge in [-0.05, 0) is 44.2 Å². The molecule has 22 heavy (non-hydrogen) atoms. The molecule has 0 unspecified atom stereocenters. The van der Waals surface area contributed by atoms with Gasteiger partial charge in [0.2, 0.25) is 0 Å². The quantitative estimate of drug-likeness (QED) is 0.489. The number of thiazole rings is 1. The second-order valence-corrected chi connectivity index (χ2v) is 5.57. The van der Waals surface area contributed by atoms with E-state index < -0.39 is 5.97 Å². The van der Waals surface area contributed by atoms with Crippen molar-refractivity contribution in [3.8, 4) is 16.6 Å². The first-order valence-electron chi connectivity index (χ1n) is 6.54. The number of benzene rings is 1. The molecule has 2 rings (SSSR count). The predicted octanol–water partition coefficient (Wildman–Crippen LogP) is 3.81. The molecule has 0 aliphatic carbocycles. The van der Waals surface area contributed by atoms with E-state index in [1.165, 1.54) is 29.5 Å². The molecule has 0 saturated carbocycles. The van der Waals surface area contributed by atoms with Crippen LogP contribution in [0.25, 0.3) is 16.6 Å². The zero-order chi connectivity index (χ0) is 16.1. The standard InChI is InChI=1S/C16H13FN2O2S/c1-10(2)21-16(20)12(8-18)7-14-9-22-15(19-14)11-3-5-13(17)6-4-11/h3-7,9-10H,1-2H3/b12-7+. The van der Waals surface area contributed by atoms with Crippen LogP contribution in [0.3, 0.4) is 0 Å². The molecule has 1 aromatic carbocycles. The molecule has 0 fully saturated rings.